The summed E-state index contributed by atoms with van der Waals surface area (Å²) in [4.78, 5) is 4.80. The number of rotatable bonds is 6. The molecule has 0 radical (unpaired) electrons. The second-order valence-corrected chi connectivity index (χ2v) is 8.66. The summed E-state index contributed by atoms with van der Waals surface area (Å²) in [6.07, 6.45) is 6.45. The van der Waals surface area contributed by atoms with Gasteiger partial charge in [0.1, 0.15) is 16.6 Å². The topological polar surface area (TPSA) is 52.8 Å². The van der Waals surface area contributed by atoms with Crippen LogP contribution in [-0.2, 0) is 5.75 Å². The molecule has 0 N–H and O–H groups in total. The van der Waals surface area contributed by atoms with Crippen LogP contribution in [0.2, 0.25) is 0 Å². The molecular weight excluding hydrogens is 376 g/mol. The zero-order valence-corrected chi connectivity index (χ0v) is 17.4. The molecule has 0 spiro atoms. The summed E-state index contributed by atoms with van der Waals surface area (Å²) in [6, 6.07) is 8.60. The summed E-state index contributed by atoms with van der Waals surface area (Å²) in [5, 5.41) is 12.9. The standard InChI is InChI=1S/C20H24N4OS2/c1-14-22-23-20(24(14)17-8-4-3-5-9-17)27-13-16-12-26-19(21-16)15-7-6-10-18(11-15)25-2/h6-7,10-12,17H,3-5,8-9,13H2,1-2H3. The lowest BCUT2D eigenvalue weighted by Gasteiger charge is -2.24. The van der Waals surface area contributed by atoms with E-state index in [9.17, 15) is 0 Å². The Bertz CT molecular complexity index is 899. The highest BCUT2D eigenvalue weighted by Crippen LogP contribution is 2.34. The monoisotopic (exact) mass is 400 g/mol. The number of hydrogen-bond acceptors (Lipinski definition) is 6. The number of ether oxygens (including phenoxy) is 1. The van der Waals surface area contributed by atoms with E-state index < -0.39 is 0 Å². The first-order valence-electron chi connectivity index (χ1n) is 9.37. The smallest absolute Gasteiger partial charge is 0.191 e. The average molecular weight is 401 g/mol. The number of thiazole rings is 1. The van der Waals surface area contributed by atoms with Crippen molar-refractivity contribution in [2.24, 2.45) is 0 Å². The van der Waals surface area contributed by atoms with Crippen molar-refractivity contribution < 1.29 is 4.74 Å². The van der Waals surface area contributed by atoms with Crippen LogP contribution < -0.4 is 4.74 Å². The third-order valence-electron chi connectivity index (χ3n) is 4.99. The molecule has 1 fully saturated rings. The molecule has 1 aromatic carbocycles. The summed E-state index contributed by atoms with van der Waals surface area (Å²) >= 11 is 3.41. The van der Waals surface area contributed by atoms with E-state index in [2.05, 4.69) is 33.1 Å². The van der Waals surface area contributed by atoms with Gasteiger partial charge in [0, 0.05) is 22.7 Å². The molecule has 27 heavy (non-hydrogen) atoms. The van der Waals surface area contributed by atoms with E-state index in [1.165, 1.54) is 32.1 Å². The van der Waals surface area contributed by atoms with Crippen LogP contribution >= 0.6 is 23.1 Å². The third kappa shape index (κ3) is 4.19. The second-order valence-electron chi connectivity index (χ2n) is 6.86. The molecule has 2 aromatic heterocycles. The summed E-state index contributed by atoms with van der Waals surface area (Å²) in [7, 11) is 1.69. The Hall–Kier alpha value is -1.86. The van der Waals surface area contributed by atoms with Gasteiger partial charge < -0.3 is 9.30 Å². The Kier molecular flexibility index (Phi) is 5.78. The van der Waals surface area contributed by atoms with E-state index in [1.54, 1.807) is 30.2 Å². The van der Waals surface area contributed by atoms with Gasteiger partial charge in [0.25, 0.3) is 0 Å². The second kappa shape index (κ2) is 8.44. The molecule has 4 rings (SSSR count). The quantitative estimate of drug-likeness (QED) is 0.510. The first-order chi connectivity index (χ1) is 13.2. The maximum Gasteiger partial charge on any atom is 0.191 e. The number of aromatic nitrogens is 4. The number of methoxy groups -OCH3 is 1. The fourth-order valence-electron chi connectivity index (χ4n) is 3.61. The molecule has 0 saturated heterocycles. The van der Waals surface area contributed by atoms with Crippen LogP contribution in [0, 0.1) is 6.92 Å². The van der Waals surface area contributed by atoms with Crippen LogP contribution in [0.3, 0.4) is 0 Å². The van der Waals surface area contributed by atoms with Crippen LogP contribution in [0.1, 0.15) is 49.7 Å². The summed E-state index contributed by atoms with van der Waals surface area (Å²) in [6.45, 7) is 2.06. The third-order valence-corrected chi connectivity index (χ3v) is 6.91. The molecule has 1 saturated carbocycles. The Labute approximate surface area is 168 Å². The van der Waals surface area contributed by atoms with Crippen LogP contribution in [0.25, 0.3) is 10.6 Å². The minimum Gasteiger partial charge on any atom is -0.497 e. The number of nitrogens with zero attached hydrogens (tertiary/aromatic N) is 4. The predicted octanol–water partition coefficient (Wildman–Crippen LogP) is 5.52. The molecule has 0 aliphatic heterocycles. The van der Waals surface area contributed by atoms with E-state index in [0.717, 1.165) is 38.7 Å². The van der Waals surface area contributed by atoms with Gasteiger partial charge in [-0.15, -0.1) is 21.5 Å². The minimum atomic E-state index is 0.555. The molecule has 7 heteroatoms. The summed E-state index contributed by atoms with van der Waals surface area (Å²) < 4.78 is 7.66. The van der Waals surface area contributed by atoms with Crippen LogP contribution in [0.15, 0.2) is 34.8 Å². The van der Waals surface area contributed by atoms with E-state index >= 15 is 0 Å². The fraction of sp³-hybridized carbons (Fsp3) is 0.450. The molecule has 0 atom stereocenters. The maximum absolute atomic E-state index is 5.32. The number of aryl methyl sites for hydroxylation is 1. The van der Waals surface area contributed by atoms with Crippen molar-refractivity contribution in [1.29, 1.82) is 0 Å². The summed E-state index contributed by atoms with van der Waals surface area (Å²) in [5.41, 5.74) is 2.18. The highest BCUT2D eigenvalue weighted by atomic mass is 32.2. The molecule has 2 heterocycles. The van der Waals surface area contributed by atoms with Crippen LogP contribution in [-0.4, -0.2) is 26.9 Å². The van der Waals surface area contributed by atoms with Crippen LogP contribution in [0.4, 0.5) is 0 Å². The molecule has 3 aromatic rings. The van der Waals surface area contributed by atoms with Gasteiger partial charge in [0.2, 0.25) is 0 Å². The molecule has 0 bridgehead atoms. The lowest BCUT2D eigenvalue weighted by atomic mass is 9.95. The highest BCUT2D eigenvalue weighted by molar-refractivity contribution is 7.98. The van der Waals surface area contributed by atoms with E-state index in [-0.39, 0.29) is 0 Å². The van der Waals surface area contributed by atoms with Crippen molar-refractivity contribution in [3.8, 4) is 16.3 Å². The molecule has 142 valence electrons. The first kappa shape index (κ1) is 18.5. The van der Waals surface area contributed by atoms with E-state index in [0.29, 0.717) is 6.04 Å². The van der Waals surface area contributed by atoms with Gasteiger partial charge in [0.15, 0.2) is 5.16 Å². The van der Waals surface area contributed by atoms with E-state index in [4.69, 9.17) is 9.72 Å². The van der Waals surface area contributed by atoms with Crippen LogP contribution in [0.5, 0.6) is 5.75 Å². The zero-order valence-electron chi connectivity index (χ0n) is 15.7. The van der Waals surface area contributed by atoms with Crippen molar-refractivity contribution in [2.45, 2.75) is 56.0 Å². The number of hydrogen-bond donors (Lipinski definition) is 0. The lowest BCUT2D eigenvalue weighted by Crippen LogP contribution is -2.15. The zero-order chi connectivity index (χ0) is 18.6. The molecule has 5 nitrogen and oxygen atoms in total. The Morgan fingerprint density at radius 2 is 2.07 bits per heavy atom. The minimum absolute atomic E-state index is 0.555. The number of benzene rings is 1. The van der Waals surface area contributed by atoms with Crippen molar-refractivity contribution >= 4 is 23.1 Å². The van der Waals surface area contributed by atoms with Gasteiger partial charge in [-0.1, -0.05) is 43.2 Å². The Morgan fingerprint density at radius 1 is 1.22 bits per heavy atom. The highest BCUT2D eigenvalue weighted by Gasteiger charge is 2.21. The molecular formula is C20H24N4OS2. The van der Waals surface area contributed by atoms with Gasteiger partial charge in [-0.3, -0.25) is 0 Å². The van der Waals surface area contributed by atoms with Gasteiger partial charge >= 0.3 is 0 Å². The maximum atomic E-state index is 5.32. The summed E-state index contributed by atoms with van der Waals surface area (Å²) in [5.74, 6) is 2.69. The van der Waals surface area contributed by atoms with Crippen molar-refractivity contribution in [3.05, 3.63) is 41.2 Å². The Balaban J connectivity index is 1.46. The van der Waals surface area contributed by atoms with Gasteiger partial charge in [-0.2, -0.15) is 0 Å². The largest absolute Gasteiger partial charge is 0.497 e. The van der Waals surface area contributed by atoms with Crippen molar-refractivity contribution in [3.63, 3.8) is 0 Å². The molecule has 0 unspecified atom stereocenters. The van der Waals surface area contributed by atoms with Gasteiger partial charge in [-0.05, 0) is 31.9 Å². The van der Waals surface area contributed by atoms with Gasteiger partial charge in [-0.25, -0.2) is 4.98 Å². The van der Waals surface area contributed by atoms with Crippen molar-refractivity contribution in [2.75, 3.05) is 7.11 Å². The first-order valence-corrected chi connectivity index (χ1v) is 11.2. The molecule has 1 aliphatic rings. The molecule has 0 amide bonds. The van der Waals surface area contributed by atoms with E-state index in [1.807, 2.05) is 18.2 Å². The fourth-order valence-corrected chi connectivity index (χ4v) is 5.47. The normalized spacial score (nSPS) is 15.2. The average Bonchev–Trinajstić information content (AvgIpc) is 3.33. The number of thioether (sulfide) groups is 1. The SMILES string of the molecule is COc1cccc(-c2nc(CSc3nnc(C)n3C3CCCCC3)cs2)c1. The lowest BCUT2D eigenvalue weighted by molar-refractivity contribution is 0.332. The predicted molar refractivity (Wildman–Crippen MR) is 111 cm³/mol. The molecule has 1 aliphatic carbocycles. The van der Waals surface area contributed by atoms with Gasteiger partial charge in [0.05, 0.1) is 12.8 Å². The Morgan fingerprint density at radius 3 is 2.89 bits per heavy atom. The van der Waals surface area contributed by atoms with Crippen molar-refractivity contribution in [1.82, 2.24) is 19.7 Å².